The molecule has 2 saturated carbocycles. The third-order valence-corrected chi connectivity index (χ3v) is 4.07. The van der Waals surface area contributed by atoms with Crippen molar-refractivity contribution in [2.75, 3.05) is 7.11 Å². The third kappa shape index (κ3) is 3.17. The average molecular weight is 280 g/mol. The fraction of sp³-hybridized carbons (Fsp3) is 0.786. The van der Waals surface area contributed by atoms with E-state index >= 15 is 0 Å². The molecule has 2 aliphatic carbocycles. The Morgan fingerprint density at radius 3 is 2.65 bits per heavy atom. The molecule has 110 valence electrons. The summed E-state index contributed by atoms with van der Waals surface area (Å²) in [4.78, 5) is 15.8. The standard InChI is InChI=1S/C14H20N2O4/c1-18-14(17)10-4-6-11(7-5-10)19-8-12-15-13(20-16-12)9-2-3-9/h9-11H,2-8H2,1H3. The smallest absolute Gasteiger partial charge is 0.308 e. The van der Waals surface area contributed by atoms with Crippen molar-refractivity contribution in [3.8, 4) is 0 Å². The predicted octanol–water partition coefficient (Wildman–Crippen LogP) is 2.20. The van der Waals surface area contributed by atoms with Crippen molar-refractivity contribution in [2.45, 2.75) is 57.2 Å². The zero-order chi connectivity index (χ0) is 13.9. The molecule has 0 unspecified atom stereocenters. The van der Waals surface area contributed by atoms with E-state index < -0.39 is 0 Å². The number of hydrogen-bond acceptors (Lipinski definition) is 6. The molecule has 0 bridgehead atoms. The Hall–Kier alpha value is -1.43. The van der Waals surface area contributed by atoms with E-state index in [0.29, 0.717) is 18.3 Å². The van der Waals surface area contributed by atoms with Crippen LogP contribution in [0, 0.1) is 5.92 Å². The average Bonchev–Trinajstić information content (AvgIpc) is 3.24. The van der Waals surface area contributed by atoms with E-state index in [2.05, 4.69) is 10.1 Å². The number of esters is 1. The Morgan fingerprint density at radius 2 is 2.00 bits per heavy atom. The first-order valence-electron chi connectivity index (χ1n) is 7.28. The van der Waals surface area contributed by atoms with Gasteiger partial charge in [0.1, 0.15) is 6.61 Å². The molecule has 20 heavy (non-hydrogen) atoms. The van der Waals surface area contributed by atoms with Gasteiger partial charge in [-0.1, -0.05) is 5.16 Å². The quantitative estimate of drug-likeness (QED) is 0.770. The van der Waals surface area contributed by atoms with E-state index in [4.69, 9.17) is 14.0 Å². The fourth-order valence-electron chi connectivity index (χ4n) is 2.65. The molecule has 0 N–H and O–H groups in total. The summed E-state index contributed by atoms with van der Waals surface area (Å²) in [7, 11) is 1.44. The molecule has 6 nitrogen and oxygen atoms in total. The summed E-state index contributed by atoms with van der Waals surface area (Å²) < 4.78 is 15.8. The van der Waals surface area contributed by atoms with Crippen LogP contribution in [0.1, 0.15) is 56.2 Å². The molecule has 0 aliphatic heterocycles. The Kier molecular flexibility index (Phi) is 4.00. The molecule has 1 heterocycles. The second kappa shape index (κ2) is 5.91. The third-order valence-electron chi connectivity index (χ3n) is 4.07. The van der Waals surface area contributed by atoms with Crippen LogP contribution in [0.25, 0.3) is 0 Å². The topological polar surface area (TPSA) is 74.5 Å². The summed E-state index contributed by atoms with van der Waals surface area (Å²) in [5, 5.41) is 3.93. The van der Waals surface area contributed by atoms with Gasteiger partial charge in [-0.15, -0.1) is 0 Å². The van der Waals surface area contributed by atoms with Crippen molar-refractivity contribution < 1.29 is 18.8 Å². The molecule has 0 saturated heterocycles. The molecule has 0 amide bonds. The summed E-state index contributed by atoms with van der Waals surface area (Å²) in [6.07, 6.45) is 5.91. The van der Waals surface area contributed by atoms with Crippen molar-refractivity contribution in [1.82, 2.24) is 10.1 Å². The van der Waals surface area contributed by atoms with Gasteiger partial charge in [0.25, 0.3) is 0 Å². The van der Waals surface area contributed by atoms with Crippen molar-refractivity contribution in [3.05, 3.63) is 11.7 Å². The zero-order valence-corrected chi connectivity index (χ0v) is 11.7. The lowest BCUT2D eigenvalue weighted by Crippen LogP contribution is -2.27. The number of hydrogen-bond donors (Lipinski definition) is 0. The van der Waals surface area contributed by atoms with Crippen LogP contribution in [-0.4, -0.2) is 29.3 Å². The first-order valence-corrected chi connectivity index (χ1v) is 7.28. The number of nitrogens with zero attached hydrogens (tertiary/aromatic N) is 2. The summed E-state index contributed by atoms with van der Waals surface area (Å²) in [6.45, 7) is 0.393. The largest absolute Gasteiger partial charge is 0.469 e. The lowest BCUT2D eigenvalue weighted by atomic mass is 9.87. The number of rotatable bonds is 5. The number of aromatic nitrogens is 2. The molecule has 3 rings (SSSR count). The van der Waals surface area contributed by atoms with Gasteiger partial charge in [0.15, 0.2) is 5.82 Å². The van der Waals surface area contributed by atoms with Crippen molar-refractivity contribution in [2.24, 2.45) is 5.92 Å². The molecular weight excluding hydrogens is 260 g/mol. The zero-order valence-electron chi connectivity index (χ0n) is 11.7. The second-order valence-corrected chi connectivity index (χ2v) is 5.63. The van der Waals surface area contributed by atoms with Gasteiger partial charge in [0, 0.05) is 5.92 Å². The van der Waals surface area contributed by atoms with Crippen LogP contribution in [0.2, 0.25) is 0 Å². The van der Waals surface area contributed by atoms with E-state index in [1.165, 1.54) is 7.11 Å². The number of methoxy groups -OCH3 is 1. The highest BCUT2D eigenvalue weighted by molar-refractivity contribution is 5.72. The number of carbonyl (C=O) groups is 1. The van der Waals surface area contributed by atoms with Gasteiger partial charge in [-0.3, -0.25) is 4.79 Å². The molecular formula is C14H20N2O4. The highest BCUT2D eigenvalue weighted by Gasteiger charge is 2.30. The van der Waals surface area contributed by atoms with Gasteiger partial charge in [-0.2, -0.15) is 4.98 Å². The van der Waals surface area contributed by atoms with Gasteiger partial charge < -0.3 is 14.0 Å². The highest BCUT2D eigenvalue weighted by Crippen LogP contribution is 2.38. The molecule has 1 aromatic rings. The monoisotopic (exact) mass is 280 g/mol. The van der Waals surface area contributed by atoms with Crippen LogP contribution in [-0.2, 0) is 20.9 Å². The Balaban J connectivity index is 1.41. The predicted molar refractivity (Wildman–Crippen MR) is 68.8 cm³/mol. The maximum Gasteiger partial charge on any atom is 0.308 e. The summed E-state index contributed by atoms with van der Waals surface area (Å²) in [6, 6.07) is 0. The maximum absolute atomic E-state index is 11.4. The van der Waals surface area contributed by atoms with Crippen LogP contribution in [0.3, 0.4) is 0 Å². The number of ether oxygens (including phenoxy) is 2. The first kappa shape index (κ1) is 13.5. The molecule has 2 aliphatic rings. The summed E-state index contributed by atoms with van der Waals surface area (Å²) in [5.41, 5.74) is 0. The summed E-state index contributed by atoms with van der Waals surface area (Å²) in [5.74, 6) is 1.79. The van der Waals surface area contributed by atoms with Crippen molar-refractivity contribution >= 4 is 5.97 Å². The van der Waals surface area contributed by atoms with Gasteiger partial charge in [0.05, 0.1) is 19.1 Å². The van der Waals surface area contributed by atoms with Crippen molar-refractivity contribution in [3.63, 3.8) is 0 Å². The van der Waals surface area contributed by atoms with Crippen LogP contribution >= 0.6 is 0 Å². The van der Waals surface area contributed by atoms with Crippen LogP contribution < -0.4 is 0 Å². The van der Waals surface area contributed by atoms with Crippen molar-refractivity contribution in [1.29, 1.82) is 0 Å². The molecule has 0 spiro atoms. The summed E-state index contributed by atoms with van der Waals surface area (Å²) >= 11 is 0. The molecule has 6 heteroatoms. The van der Waals surface area contributed by atoms with E-state index in [1.54, 1.807) is 0 Å². The Morgan fingerprint density at radius 1 is 1.25 bits per heavy atom. The van der Waals surface area contributed by atoms with Gasteiger partial charge in [0.2, 0.25) is 5.89 Å². The molecule has 0 atom stereocenters. The minimum Gasteiger partial charge on any atom is -0.469 e. The fourth-order valence-corrected chi connectivity index (χ4v) is 2.65. The van der Waals surface area contributed by atoms with Gasteiger partial charge >= 0.3 is 5.97 Å². The highest BCUT2D eigenvalue weighted by atomic mass is 16.5. The van der Waals surface area contributed by atoms with E-state index in [-0.39, 0.29) is 18.0 Å². The minimum absolute atomic E-state index is 0.0338. The van der Waals surface area contributed by atoms with E-state index in [0.717, 1.165) is 44.4 Å². The Bertz CT molecular complexity index is 461. The van der Waals surface area contributed by atoms with Gasteiger partial charge in [-0.25, -0.2) is 0 Å². The lowest BCUT2D eigenvalue weighted by molar-refractivity contribution is -0.147. The van der Waals surface area contributed by atoms with Gasteiger partial charge in [-0.05, 0) is 38.5 Å². The number of carbonyl (C=O) groups excluding carboxylic acids is 1. The first-order chi connectivity index (χ1) is 9.76. The van der Waals surface area contributed by atoms with Crippen LogP contribution in [0.15, 0.2) is 4.52 Å². The van der Waals surface area contributed by atoms with E-state index in [1.807, 2.05) is 0 Å². The SMILES string of the molecule is COC(=O)C1CCC(OCc2noc(C3CC3)n2)CC1. The molecule has 2 fully saturated rings. The van der Waals surface area contributed by atoms with E-state index in [9.17, 15) is 4.79 Å². The Labute approximate surface area is 117 Å². The second-order valence-electron chi connectivity index (χ2n) is 5.63. The normalized spacial score (nSPS) is 26.4. The minimum atomic E-state index is -0.101. The molecule has 0 radical (unpaired) electrons. The maximum atomic E-state index is 11.4. The molecule has 0 aromatic carbocycles. The van der Waals surface area contributed by atoms with Crippen LogP contribution in [0.4, 0.5) is 0 Å². The molecule has 1 aromatic heterocycles. The lowest BCUT2D eigenvalue weighted by Gasteiger charge is -2.26. The van der Waals surface area contributed by atoms with Crippen LogP contribution in [0.5, 0.6) is 0 Å².